The van der Waals surface area contributed by atoms with Crippen LogP contribution in [0.5, 0.6) is 5.75 Å². The van der Waals surface area contributed by atoms with Gasteiger partial charge in [-0.25, -0.2) is 0 Å². The van der Waals surface area contributed by atoms with Gasteiger partial charge in [0, 0.05) is 18.2 Å². The number of rotatable bonds is 4. The van der Waals surface area contributed by atoms with Crippen LogP contribution in [0.1, 0.15) is 35.6 Å². The van der Waals surface area contributed by atoms with Gasteiger partial charge < -0.3 is 14.5 Å². The number of furan rings is 1. The number of ether oxygens (including phenoxy) is 1. The maximum absolute atomic E-state index is 5.34. The van der Waals surface area contributed by atoms with Crippen LogP contribution in [0, 0.1) is 0 Å². The van der Waals surface area contributed by atoms with Crippen molar-refractivity contribution in [2.24, 2.45) is 0 Å². The Kier molecular flexibility index (Phi) is 3.56. The second-order valence-corrected chi connectivity index (χ2v) is 5.02. The molecule has 0 bridgehead atoms. The summed E-state index contributed by atoms with van der Waals surface area (Å²) in [4.78, 5) is 0. The molecule has 1 aromatic carbocycles. The molecule has 0 saturated heterocycles. The fourth-order valence-electron chi connectivity index (χ4n) is 2.75. The normalized spacial score (nSPS) is 18.1. The first-order chi connectivity index (χ1) is 9.36. The third kappa shape index (κ3) is 2.66. The smallest absolute Gasteiger partial charge is 0.119 e. The van der Waals surface area contributed by atoms with Gasteiger partial charge in [-0.1, -0.05) is 6.07 Å². The van der Waals surface area contributed by atoms with Crippen molar-refractivity contribution in [1.82, 2.24) is 5.32 Å². The summed E-state index contributed by atoms with van der Waals surface area (Å²) in [5.41, 5.74) is 4.01. The predicted molar refractivity (Wildman–Crippen MR) is 74.2 cm³/mol. The molecule has 0 spiro atoms. The van der Waals surface area contributed by atoms with Crippen LogP contribution in [0.3, 0.4) is 0 Å². The van der Waals surface area contributed by atoms with Crippen LogP contribution in [0.15, 0.2) is 41.2 Å². The van der Waals surface area contributed by atoms with Gasteiger partial charge in [-0.05, 0) is 48.6 Å². The van der Waals surface area contributed by atoms with Crippen LogP contribution in [0.2, 0.25) is 0 Å². The molecule has 1 aliphatic rings. The number of methoxy groups -OCH3 is 1. The van der Waals surface area contributed by atoms with Crippen LogP contribution >= 0.6 is 0 Å². The summed E-state index contributed by atoms with van der Waals surface area (Å²) in [7, 11) is 1.72. The molecule has 1 heterocycles. The molecule has 0 amide bonds. The number of nitrogens with one attached hydrogen (secondary N) is 1. The summed E-state index contributed by atoms with van der Waals surface area (Å²) in [6, 6.07) is 8.83. The maximum atomic E-state index is 5.34. The molecule has 3 nitrogen and oxygen atoms in total. The van der Waals surface area contributed by atoms with E-state index in [1.807, 2.05) is 6.07 Å². The Morgan fingerprint density at radius 1 is 1.37 bits per heavy atom. The van der Waals surface area contributed by atoms with E-state index in [1.165, 1.54) is 36.0 Å². The third-order valence-electron chi connectivity index (χ3n) is 3.80. The molecular formula is C16H19NO2. The molecule has 100 valence electrons. The van der Waals surface area contributed by atoms with Gasteiger partial charge in [-0.3, -0.25) is 0 Å². The molecule has 1 aliphatic carbocycles. The van der Waals surface area contributed by atoms with Crippen molar-refractivity contribution < 1.29 is 9.15 Å². The lowest BCUT2D eigenvalue weighted by Gasteiger charge is -2.27. The van der Waals surface area contributed by atoms with E-state index >= 15 is 0 Å². The number of hydrogen-bond donors (Lipinski definition) is 1. The second kappa shape index (κ2) is 5.49. The molecule has 3 rings (SSSR count). The molecule has 0 fully saturated rings. The number of aryl methyl sites for hydroxylation is 1. The molecule has 1 aromatic heterocycles. The Labute approximate surface area is 113 Å². The Morgan fingerprint density at radius 3 is 3.11 bits per heavy atom. The van der Waals surface area contributed by atoms with Crippen molar-refractivity contribution in [3.8, 4) is 5.75 Å². The monoisotopic (exact) mass is 257 g/mol. The summed E-state index contributed by atoms with van der Waals surface area (Å²) in [6.07, 6.45) is 7.10. The van der Waals surface area contributed by atoms with Crippen molar-refractivity contribution in [3.63, 3.8) is 0 Å². The minimum Gasteiger partial charge on any atom is -0.497 e. The van der Waals surface area contributed by atoms with Gasteiger partial charge in [0.05, 0.1) is 19.6 Å². The van der Waals surface area contributed by atoms with Crippen LogP contribution < -0.4 is 10.1 Å². The summed E-state index contributed by atoms with van der Waals surface area (Å²) < 4.78 is 10.4. The molecule has 0 radical (unpaired) electrons. The zero-order valence-corrected chi connectivity index (χ0v) is 11.2. The van der Waals surface area contributed by atoms with Gasteiger partial charge in [0.15, 0.2) is 0 Å². The topological polar surface area (TPSA) is 34.4 Å². The van der Waals surface area contributed by atoms with Crippen molar-refractivity contribution >= 4 is 0 Å². The lowest BCUT2D eigenvalue weighted by Crippen LogP contribution is -2.24. The van der Waals surface area contributed by atoms with E-state index in [-0.39, 0.29) is 0 Å². The highest BCUT2D eigenvalue weighted by Gasteiger charge is 2.20. The maximum Gasteiger partial charge on any atom is 0.119 e. The Hall–Kier alpha value is -1.74. The Morgan fingerprint density at radius 2 is 2.32 bits per heavy atom. The average Bonchev–Trinajstić information content (AvgIpc) is 2.97. The summed E-state index contributed by atoms with van der Waals surface area (Å²) in [5, 5.41) is 3.62. The number of benzene rings is 1. The summed E-state index contributed by atoms with van der Waals surface area (Å²) >= 11 is 0. The first-order valence-electron chi connectivity index (χ1n) is 6.78. The van der Waals surface area contributed by atoms with Crippen molar-refractivity contribution in [2.75, 3.05) is 7.11 Å². The van der Waals surface area contributed by atoms with Gasteiger partial charge in [-0.2, -0.15) is 0 Å². The van der Waals surface area contributed by atoms with Crippen molar-refractivity contribution in [3.05, 3.63) is 53.5 Å². The fraction of sp³-hybridized carbons (Fsp3) is 0.375. The van der Waals surface area contributed by atoms with Gasteiger partial charge in [0.2, 0.25) is 0 Å². The van der Waals surface area contributed by atoms with Gasteiger partial charge in [0.1, 0.15) is 5.75 Å². The SMILES string of the molecule is COc1ccc2c(c1)C(NCc1ccoc1)CCC2. The van der Waals surface area contributed by atoms with E-state index in [9.17, 15) is 0 Å². The molecular weight excluding hydrogens is 238 g/mol. The lowest BCUT2D eigenvalue weighted by molar-refractivity contribution is 0.408. The standard InChI is InChI=1S/C16H19NO2/c1-18-14-6-5-13-3-2-4-16(15(13)9-14)17-10-12-7-8-19-11-12/h5-9,11,16-17H,2-4,10H2,1H3. The van der Waals surface area contributed by atoms with E-state index in [2.05, 4.69) is 23.5 Å². The molecule has 0 aliphatic heterocycles. The summed E-state index contributed by atoms with van der Waals surface area (Å²) in [5.74, 6) is 0.941. The Bertz CT molecular complexity index is 534. The Balaban J connectivity index is 1.77. The molecule has 1 unspecified atom stereocenters. The minimum atomic E-state index is 0.411. The minimum absolute atomic E-state index is 0.411. The van der Waals surface area contributed by atoms with Crippen molar-refractivity contribution in [1.29, 1.82) is 0 Å². The molecule has 3 heteroatoms. The first kappa shape index (κ1) is 12.3. The third-order valence-corrected chi connectivity index (χ3v) is 3.80. The van der Waals surface area contributed by atoms with E-state index in [0.717, 1.165) is 12.3 Å². The van der Waals surface area contributed by atoms with E-state index in [0.29, 0.717) is 6.04 Å². The van der Waals surface area contributed by atoms with E-state index in [4.69, 9.17) is 9.15 Å². The quantitative estimate of drug-likeness (QED) is 0.911. The number of fused-ring (bicyclic) bond motifs is 1. The van der Waals surface area contributed by atoms with E-state index < -0.39 is 0 Å². The predicted octanol–water partition coefficient (Wildman–Crippen LogP) is 3.46. The zero-order valence-electron chi connectivity index (χ0n) is 11.2. The highest BCUT2D eigenvalue weighted by atomic mass is 16.5. The van der Waals surface area contributed by atoms with Crippen molar-refractivity contribution in [2.45, 2.75) is 31.8 Å². The molecule has 0 saturated carbocycles. The second-order valence-electron chi connectivity index (χ2n) is 5.02. The highest BCUT2D eigenvalue weighted by Crippen LogP contribution is 2.32. The first-order valence-corrected chi connectivity index (χ1v) is 6.78. The largest absolute Gasteiger partial charge is 0.497 e. The van der Waals surface area contributed by atoms with Crippen LogP contribution in [0.25, 0.3) is 0 Å². The van der Waals surface area contributed by atoms with Crippen LogP contribution in [0.4, 0.5) is 0 Å². The molecule has 2 aromatic rings. The van der Waals surface area contributed by atoms with Gasteiger partial charge >= 0.3 is 0 Å². The molecule has 19 heavy (non-hydrogen) atoms. The van der Waals surface area contributed by atoms with Gasteiger partial charge in [-0.15, -0.1) is 0 Å². The average molecular weight is 257 g/mol. The van der Waals surface area contributed by atoms with Gasteiger partial charge in [0.25, 0.3) is 0 Å². The highest BCUT2D eigenvalue weighted by molar-refractivity contribution is 5.39. The van der Waals surface area contributed by atoms with Crippen LogP contribution in [-0.4, -0.2) is 7.11 Å². The molecule has 1 N–H and O–H groups in total. The lowest BCUT2D eigenvalue weighted by atomic mass is 9.87. The number of hydrogen-bond acceptors (Lipinski definition) is 3. The summed E-state index contributed by atoms with van der Waals surface area (Å²) in [6.45, 7) is 0.845. The molecule has 1 atom stereocenters. The zero-order chi connectivity index (χ0) is 13.1. The van der Waals surface area contributed by atoms with Crippen LogP contribution in [-0.2, 0) is 13.0 Å². The fourth-order valence-corrected chi connectivity index (χ4v) is 2.75. The van der Waals surface area contributed by atoms with E-state index in [1.54, 1.807) is 19.6 Å².